The van der Waals surface area contributed by atoms with Gasteiger partial charge in [0.2, 0.25) is 0 Å². The number of fused-ring (bicyclic) bond motifs is 1. The molecule has 2 aliphatic heterocycles. The summed E-state index contributed by atoms with van der Waals surface area (Å²) in [5.74, 6) is 1.56. The Morgan fingerprint density at radius 2 is 1.91 bits per heavy atom. The monoisotopic (exact) mass is 453 g/mol. The molecule has 1 aromatic carbocycles. The van der Waals surface area contributed by atoms with E-state index in [0.29, 0.717) is 44.3 Å². The zero-order valence-electron chi connectivity index (χ0n) is 20.1. The Labute approximate surface area is 196 Å². The SMILES string of the molecule is C=CCC1(C)OCc2c(N3CCOCC3)nc(-c3ccc(NC(=O)NCC)cc3)nc21.CC. The van der Waals surface area contributed by atoms with Gasteiger partial charge in [-0.25, -0.2) is 14.8 Å². The summed E-state index contributed by atoms with van der Waals surface area (Å²) in [6.07, 6.45) is 2.54. The van der Waals surface area contributed by atoms with Crippen LogP contribution in [0.25, 0.3) is 11.4 Å². The molecule has 1 fully saturated rings. The third-order valence-corrected chi connectivity index (χ3v) is 5.60. The molecular weight excluding hydrogens is 418 g/mol. The highest BCUT2D eigenvalue weighted by Gasteiger charge is 2.39. The van der Waals surface area contributed by atoms with Crippen LogP contribution in [0.4, 0.5) is 16.3 Å². The van der Waals surface area contributed by atoms with E-state index >= 15 is 0 Å². The van der Waals surface area contributed by atoms with Crippen LogP contribution in [-0.2, 0) is 21.7 Å². The number of amides is 2. The summed E-state index contributed by atoms with van der Waals surface area (Å²) in [7, 11) is 0. The van der Waals surface area contributed by atoms with Gasteiger partial charge in [0.1, 0.15) is 11.4 Å². The molecule has 2 aliphatic rings. The zero-order valence-corrected chi connectivity index (χ0v) is 20.1. The van der Waals surface area contributed by atoms with Gasteiger partial charge < -0.3 is 25.0 Å². The molecule has 8 nitrogen and oxygen atoms in total. The van der Waals surface area contributed by atoms with Gasteiger partial charge in [-0.3, -0.25) is 0 Å². The molecule has 1 saturated heterocycles. The lowest BCUT2D eigenvalue weighted by atomic mass is 9.96. The second kappa shape index (κ2) is 11.2. The maximum Gasteiger partial charge on any atom is 0.319 e. The Balaban J connectivity index is 0.00000149. The predicted octanol–water partition coefficient (Wildman–Crippen LogP) is 4.47. The van der Waals surface area contributed by atoms with Crippen LogP contribution in [0.15, 0.2) is 36.9 Å². The summed E-state index contributed by atoms with van der Waals surface area (Å²) < 4.78 is 11.7. The van der Waals surface area contributed by atoms with E-state index in [-0.39, 0.29) is 6.03 Å². The summed E-state index contributed by atoms with van der Waals surface area (Å²) in [6, 6.07) is 7.33. The van der Waals surface area contributed by atoms with Crippen molar-refractivity contribution in [3.05, 3.63) is 48.2 Å². The van der Waals surface area contributed by atoms with Gasteiger partial charge in [-0.1, -0.05) is 19.9 Å². The van der Waals surface area contributed by atoms with Crippen LogP contribution < -0.4 is 15.5 Å². The number of urea groups is 1. The third-order valence-electron chi connectivity index (χ3n) is 5.60. The van der Waals surface area contributed by atoms with Crippen LogP contribution in [0.2, 0.25) is 0 Å². The molecule has 0 radical (unpaired) electrons. The molecule has 3 heterocycles. The molecule has 8 heteroatoms. The maximum atomic E-state index is 11.8. The van der Waals surface area contributed by atoms with E-state index in [0.717, 1.165) is 35.7 Å². The number of anilines is 2. The van der Waals surface area contributed by atoms with Crippen molar-refractivity contribution in [3.63, 3.8) is 0 Å². The Hall–Kier alpha value is -2.97. The fraction of sp³-hybridized carbons (Fsp3) is 0.480. The van der Waals surface area contributed by atoms with E-state index < -0.39 is 5.60 Å². The number of hydrogen-bond donors (Lipinski definition) is 2. The van der Waals surface area contributed by atoms with Crippen molar-refractivity contribution < 1.29 is 14.3 Å². The Morgan fingerprint density at radius 3 is 2.55 bits per heavy atom. The van der Waals surface area contributed by atoms with E-state index in [9.17, 15) is 4.79 Å². The Morgan fingerprint density at radius 1 is 1.21 bits per heavy atom. The molecule has 178 valence electrons. The molecule has 1 unspecified atom stereocenters. The number of carbonyl (C=O) groups is 1. The van der Waals surface area contributed by atoms with Crippen LogP contribution in [0, 0.1) is 0 Å². The fourth-order valence-corrected chi connectivity index (χ4v) is 3.98. The van der Waals surface area contributed by atoms with Gasteiger partial charge in [-0.2, -0.15) is 0 Å². The first-order valence-corrected chi connectivity index (χ1v) is 11.7. The molecule has 2 amide bonds. The Kier molecular flexibility index (Phi) is 8.41. The molecule has 1 aromatic heterocycles. The van der Waals surface area contributed by atoms with Crippen LogP contribution >= 0.6 is 0 Å². The molecule has 2 N–H and O–H groups in total. The van der Waals surface area contributed by atoms with Crippen molar-refractivity contribution in [2.45, 2.75) is 46.3 Å². The van der Waals surface area contributed by atoms with Gasteiger partial charge in [0.05, 0.1) is 25.5 Å². The first kappa shape index (κ1) is 24.7. The van der Waals surface area contributed by atoms with Crippen LogP contribution in [0.5, 0.6) is 0 Å². The smallest absolute Gasteiger partial charge is 0.319 e. The number of ether oxygens (including phenoxy) is 2. The van der Waals surface area contributed by atoms with Crippen molar-refractivity contribution in [2.75, 3.05) is 43.1 Å². The van der Waals surface area contributed by atoms with Crippen molar-refractivity contribution in [1.29, 1.82) is 0 Å². The van der Waals surface area contributed by atoms with Crippen molar-refractivity contribution >= 4 is 17.5 Å². The molecule has 0 spiro atoms. The number of hydrogen-bond acceptors (Lipinski definition) is 6. The van der Waals surface area contributed by atoms with Crippen LogP contribution in [-0.4, -0.2) is 48.8 Å². The highest BCUT2D eigenvalue weighted by atomic mass is 16.5. The number of rotatable bonds is 6. The van der Waals surface area contributed by atoms with Crippen molar-refractivity contribution in [2.24, 2.45) is 0 Å². The number of nitrogens with zero attached hydrogens (tertiary/aromatic N) is 3. The van der Waals surface area contributed by atoms with Crippen molar-refractivity contribution in [1.82, 2.24) is 15.3 Å². The Bertz CT molecular complexity index is 957. The number of nitrogens with one attached hydrogen (secondary N) is 2. The van der Waals surface area contributed by atoms with Crippen LogP contribution in [0.3, 0.4) is 0 Å². The molecular formula is C25H35N5O3. The topological polar surface area (TPSA) is 88.6 Å². The lowest BCUT2D eigenvalue weighted by Gasteiger charge is -2.30. The number of benzene rings is 1. The highest BCUT2D eigenvalue weighted by Crippen LogP contribution is 2.42. The van der Waals surface area contributed by atoms with Gasteiger partial charge in [0, 0.05) is 36.4 Å². The summed E-state index contributed by atoms with van der Waals surface area (Å²) in [6.45, 7) is 15.8. The third kappa shape index (κ3) is 5.51. The van der Waals surface area contributed by atoms with E-state index in [1.165, 1.54) is 0 Å². The number of aromatic nitrogens is 2. The normalized spacial score (nSPS) is 19.2. The average Bonchev–Trinajstić information content (AvgIpc) is 3.17. The van der Waals surface area contributed by atoms with E-state index in [1.807, 2.05) is 51.1 Å². The average molecular weight is 454 g/mol. The molecule has 33 heavy (non-hydrogen) atoms. The van der Waals surface area contributed by atoms with E-state index in [4.69, 9.17) is 19.4 Å². The number of morpholine rings is 1. The molecule has 4 rings (SSSR count). The molecule has 0 bridgehead atoms. The number of carbonyl (C=O) groups excluding carboxylic acids is 1. The molecule has 0 saturated carbocycles. The minimum absolute atomic E-state index is 0.226. The molecule has 0 aliphatic carbocycles. The summed E-state index contributed by atoms with van der Waals surface area (Å²) in [5, 5.41) is 5.53. The van der Waals surface area contributed by atoms with Gasteiger partial charge >= 0.3 is 6.03 Å². The predicted molar refractivity (Wildman–Crippen MR) is 131 cm³/mol. The highest BCUT2D eigenvalue weighted by molar-refractivity contribution is 5.89. The summed E-state index contributed by atoms with van der Waals surface area (Å²) in [5.41, 5.74) is 3.04. The fourth-order valence-electron chi connectivity index (χ4n) is 3.98. The van der Waals surface area contributed by atoms with E-state index in [1.54, 1.807) is 0 Å². The second-order valence-electron chi connectivity index (χ2n) is 7.87. The quantitative estimate of drug-likeness (QED) is 0.628. The van der Waals surface area contributed by atoms with Gasteiger partial charge in [-0.05, 0) is 44.5 Å². The summed E-state index contributed by atoms with van der Waals surface area (Å²) >= 11 is 0. The maximum absolute atomic E-state index is 11.8. The first-order chi connectivity index (χ1) is 16.0. The van der Waals surface area contributed by atoms with Gasteiger partial charge in [0.25, 0.3) is 0 Å². The molecule has 2 aromatic rings. The largest absolute Gasteiger partial charge is 0.378 e. The summed E-state index contributed by atoms with van der Waals surface area (Å²) in [4.78, 5) is 23.9. The molecule has 1 atom stereocenters. The van der Waals surface area contributed by atoms with Crippen molar-refractivity contribution in [3.8, 4) is 11.4 Å². The minimum atomic E-state index is -0.518. The lowest BCUT2D eigenvalue weighted by Crippen LogP contribution is -2.37. The minimum Gasteiger partial charge on any atom is -0.378 e. The van der Waals surface area contributed by atoms with Gasteiger partial charge in [-0.15, -0.1) is 6.58 Å². The lowest BCUT2D eigenvalue weighted by molar-refractivity contribution is -0.0228. The standard InChI is InChI=1S/C23H29N5O3.C2H6/c1-4-10-23(3)19-18(15-31-23)21(28-11-13-30-14-12-28)27-20(26-19)16-6-8-17(9-7-16)25-22(29)24-5-2;1-2/h4,6-9H,1,5,10-15H2,2-3H3,(H2,24,25,29);1-2H3. The van der Waals surface area contributed by atoms with Crippen LogP contribution in [0.1, 0.15) is 45.4 Å². The second-order valence-corrected chi connectivity index (χ2v) is 7.87. The van der Waals surface area contributed by atoms with E-state index in [2.05, 4.69) is 29.0 Å². The zero-order chi connectivity index (χ0) is 23.8. The van der Waals surface area contributed by atoms with Gasteiger partial charge in [0.15, 0.2) is 5.82 Å². The first-order valence-electron chi connectivity index (χ1n) is 11.7.